The van der Waals surface area contributed by atoms with Gasteiger partial charge in [0, 0.05) is 0 Å². The number of hydrazone groups is 1. The van der Waals surface area contributed by atoms with Gasteiger partial charge in [-0.3, -0.25) is 4.79 Å². The van der Waals surface area contributed by atoms with E-state index in [-0.39, 0.29) is 18.1 Å². The van der Waals surface area contributed by atoms with Crippen molar-refractivity contribution in [2.75, 3.05) is 0 Å². The highest BCUT2D eigenvalue weighted by Crippen LogP contribution is 2.23. The maximum atomic E-state index is 11.6. The molecule has 4 nitrogen and oxygen atoms in total. The van der Waals surface area contributed by atoms with Crippen LogP contribution in [0.15, 0.2) is 58.1 Å². The highest BCUT2D eigenvalue weighted by Gasteiger charge is 2.01. The zero-order chi connectivity index (χ0) is 14.4. The van der Waals surface area contributed by atoms with Gasteiger partial charge in [-0.2, -0.15) is 5.10 Å². The third-order valence-corrected chi connectivity index (χ3v) is 3.22. The number of hydrogen-bond donors (Lipinski definition) is 2. The van der Waals surface area contributed by atoms with E-state index >= 15 is 0 Å². The molecule has 2 aromatic rings. The average Bonchev–Trinajstić information content (AvgIpc) is 2.44. The van der Waals surface area contributed by atoms with Crippen LogP contribution in [0, 0.1) is 0 Å². The van der Waals surface area contributed by atoms with Gasteiger partial charge in [-0.1, -0.05) is 30.3 Å². The molecule has 2 aromatic carbocycles. The fourth-order valence-corrected chi connectivity index (χ4v) is 2.00. The minimum atomic E-state index is -0.176. The zero-order valence-electron chi connectivity index (χ0n) is 10.6. The largest absolute Gasteiger partial charge is 0.507 e. The molecule has 0 unspecified atom stereocenters. The number of aromatic hydroxyl groups is 1. The van der Waals surface area contributed by atoms with Crippen molar-refractivity contribution >= 4 is 28.1 Å². The van der Waals surface area contributed by atoms with E-state index in [1.807, 2.05) is 30.3 Å². The molecule has 0 atom stereocenters. The Morgan fingerprint density at radius 2 is 2.00 bits per heavy atom. The number of benzene rings is 2. The maximum Gasteiger partial charge on any atom is 0.244 e. The number of nitrogens with one attached hydrogen (secondary N) is 1. The quantitative estimate of drug-likeness (QED) is 0.668. The number of phenols is 1. The van der Waals surface area contributed by atoms with E-state index < -0.39 is 0 Å². The fourth-order valence-electron chi connectivity index (χ4n) is 1.60. The van der Waals surface area contributed by atoms with Crippen LogP contribution in [-0.4, -0.2) is 17.2 Å². The molecule has 0 radical (unpaired) electrons. The van der Waals surface area contributed by atoms with E-state index in [1.165, 1.54) is 6.21 Å². The predicted octanol–water partition coefficient (Wildman–Crippen LogP) is 2.85. The highest BCUT2D eigenvalue weighted by atomic mass is 79.9. The first-order valence-electron chi connectivity index (χ1n) is 5.99. The molecule has 5 heteroatoms. The van der Waals surface area contributed by atoms with Crippen LogP contribution in [0.2, 0.25) is 0 Å². The second-order valence-electron chi connectivity index (χ2n) is 4.17. The molecule has 0 aliphatic rings. The van der Waals surface area contributed by atoms with Crippen molar-refractivity contribution in [1.29, 1.82) is 0 Å². The zero-order valence-corrected chi connectivity index (χ0v) is 12.2. The van der Waals surface area contributed by atoms with Crippen LogP contribution in [0.1, 0.15) is 11.1 Å². The lowest BCUT2D eigenvalue weighted by Crippen LogP contribution is -2.19. The minimum Gasteiger partial charge on any atom is -0.507 e. The molecule has 0 aliphatic heterocycles. The van der Waals surface area contributed by atoms with Gasteiger partial charge >= 0.3 is 0 Å². The number of hydrogen-bond acceptors (Lipinski definition) is 3. The molecule has 20 heavy (non-hydrogen) atoms. The number of phenolic OH excluding ortho intramolecular Hbond substituents is 1. The molecule has 0 spiro atoms. The molecular formula is C15H13BrN2O2. The first-order valence-corrected chi connectivity index (χ1v) is 6.79. The normalized spacial score (nSPS) is 10.7. The molecule has 0 saturated carbocycles. The number of nitrogens with zero attached hydrogens (tertiary/aromatic N) is 1. The summed E-state index contributed by atoms with van der Waals surface area (Å²) in [6.07, 6.45) is 1.81. The summed E-state index contributed by atoms with van der Waals surface area (Å²) in [5, 5.41) is 13.2. The van der Waals surface area contributed by atoms with E-state index in [2.05, 4.69) is 26.5 Å². The maximum absolute atomic E-state index is 11.6. The molecule has 0 fully saturated rings. The Morgan fingerprint density at radius 3 is 2.70 bits per heavy atom. The number of carbonyl (C=O) groups is 1. The SMILES string of the molecule is O=C(Cc1ccccc1)N/N=C\c1ccc(O)c(Br)c1. The monoisotopic (exact) mass is 332 g/mol. The van der Waals surface area contributed by atoms with Crippen LogP contribution in [-0.2, 0) is 11.2 Å². The van der Waals surface area contributed by atoms with Crippen LogP contribution < -0.4 is 5.43 Å². The summed E-state index contributed by atoms with van der Waals surface area (Å²) in [4.78, 5) is 11.6. The Morgan fingerprint density at radius 1 is 1.25 bits per heavy atom. The van der Waals surface area contributed by atoms with Gasteiger partial charge in [0.15, 0.2) is 0 Å². The lowest BCUT2D eigenvalue weighted by Gasteiger charge is -2.00. The van der Waals surface area contributed by atoms with E-state index in [1.54, 1.807) is 18.2 Å². The van der Waals surface area contributed by atoms with Gasteiger partial charge in [-0.05, 0) is 45.3 Å². The minimum absolute atomic E-state index is 0.162. The third-order valence-electron chi connectivity index (χ3n) is 2.58. The Kier molecular flexibility index (Phi) is 4.90. The van der Waals surface area contributed by atoms with Crippen LogP contribution in [0.5, 0.6) is 5.75 Å². The predicted molar refractivity (Wildman–Crippen MR) is 81.7 cm³/mol. The van der Waals surface area contributed by atoms with Crippen LogP contribution in [0.3, 0.4) is 0 Å². The van der Waals surface area contributed by atoms with Crippen LogP contribution in [0.25, 0.3) is 0 Å². The van der Waals surface area contributed by atoms with Gasteiger partial charge in [0.2, 0.25) is 5.91 Å². The fraction of sp³-hybridized carbons (Fsp3) is 0.0667. The van der Waals surface area contributed by atoms with E-state index in [0.29, 0.717) is 4.47 Å². The van der Waals surface area contributed by atoms with Crippen LogP contribution in [0.4, 0.5) is 0 Å². The van der Waals surface area contributed by atoms with Crippen molar-refractivity contribution in [1.82, 2.24) is 5.43 Å². The second kappa shape index (κ2) is 6.86. The van der Waals surface area contributed by atoms with Gasteiger partial charge in [-0.15, -0.1) is 0 Å². The summed E-state index contributed by atoms with van der Waals surface area (Å²) in [5.74, 6) is -0.0134. The Hall–Kier alpha value is -2.14. The van der Waals surface area contributed by atoms with Gasteiger partial charge in [0.05, 0.1) is 17.1 Å². The van der Waals surface area contributed by atoms with E-state index in [0.717, 1.165) is 11.1 Å². The molecule has 0 saturated heterocycles. The standard InChI is InChI=1S/C15H13BrN2O2/c16-13-8-12(6-7-14(13)19)10-17-18-15(20)9-11-4-2-1-3-5-11/h1-8,10,19H,9H2,(H,18,20)/b17-10-. The topological polar surface area (TPSA) is 61.7 Å². The van der Waals surface area contributed by atoms with Gasteiger partial charge in [-0.25, -0.2) is 5.43 Å². The number of carbonyl (C=O) groups excluding carboxylic acids is 1. The number of halogens is 1. The van der Waals surface area contributed by atoms with Crippen molar-refractivity contribution in [3.05, 3.63) is 64.1 Å². The van der Waals surface area contributed by atoms with Crippen molar-refractivity contribution in [2.45, 2.75) is 6.42 Å². The smallest absolute Gasteiger partial charge is 0.244 e. The number of amides is 1. The van der Waals surface area contributed by atoms with E-state index in [4.69, 9.17) is 0 Å². The molecule has 0 aromatic heterocycles. The summed E-state index contributed by atoms with van der Waals surface area (Å²) < 4.78 is 0.581. The van der Waals surface area contributed by atoms with Gasteiger partial charge in [0.25, 0.3) is 0 Å². The summed E-state index contributed by atoms with van der Waals surface area (Å²) in [7, 11) is 0. The molecule has 2 N–H and O–H groups in total. The highest BCUT2D eigenvalue weighted by molar-refractivity contribution is 9.10. The average molecular weight is 333 g/mol. The summed E-state index contributed by atoms with van der Waals surface area (Å²) in [6.45, 7) is 0. The van der Waals surface area contributed by atoms with Crippen molar-refractivity contribution in [2.24, 2.45) is 5.10 Å². The Labute approximate surface area is 125 Å². The second-order valence-corrected chi connectivity index (χ2v) is 5.02. The van der Waals surface area contributed by atoms with Gasteiger partial charge in [0.1, 0.15) is 5.75 Å². The van der Waals surface area contributed by atoms with Gasteiger partial charge < -0.3 is 5.11 Å². The molecular weight excluding hydrogens is 320 g/mol. The lowest BCUT2D eigenvalue weighted by atomic mass is 10.1. The molecule has 0 bridgehead atoms. The summed E-state index contributed by atoms with van der Waals surface area (Å²) >= 11 is 3.21. The Balaban J connectivity index is 1.89. The first-order chi connectivity index (χ1) is 9.65. The lowest BCUT2D eigenvalue weighted by molar-refractivity contribution is -0.120. The molecule has 1 amide bonds. The first kappa shape index (κ1) is 14.3. The third kappa shape index (κ3) is 4.20. The van der Waals surface area contributed by atoms with Crippen molar-refractivity contribution in [3.8, 4) is 5.75 Å². The number of rotatable bonds is 4. The van der Waals surface area contributed by atoms with Crippen molar-refractivity contribution < 1.29 is 9.90 Å². The molecule has 0 aliphatic carbocycles. The van der Waals surface area contributed by atoms with Crippen molar-refractivity contribution in [3.63, 3.8) is 0 Å². The Bertz CT molecular complexity index is 627. The molecule has 102 valence electrons. The molecule has 0 heterocycles. The summed E-state index contributed by atoms with van der Waals surface area (Å²) in [5.41, 5.74) is 4.18. The summed E-state index contributed by atoms with van der Waals surface area (Å²) in [6, 6.07) is 14.4. The van der Waals surface area contributed by atoms with Crippen LogP contribution >= 0.6 is 15.9 Å². The van der Waals surface area contributed by atoms with E-state index in [9.17, 15) is 9.90 Å². The molecule has 2 rings (SSSR count).